The molecule has 0 aromatic carbocycles. The summed E-state index contributed by atoms with van der Waals surface area (Å²) >= 11 is 0. The highest BCUT2D eigenvalue weighted by atomic mass is 15.2. The van der Waals surface area contributed by atoms with Gasteiger partial charge in [0.2, 0.25) is 0 Å². The normalized spacial score (nSPS) is 10.9. The zero-order chi connectivity index (χ0) is 13.7. The summed E-state index contributed by atoms with van der Waals surface area (Å²) in [6, 6.07) is 4.10. The average molecular weight is 259 g/mol. The molecule has 0 fully saturated rings. The average Bonchev–Trinajstić information content (AvgIpc) is 2.77. The van der Waals surface area contributed by atoms with Gasteiger partial charge in [-0.05, 0) is 20.0 Å². The Kier molecular flexibility index (Phi) is 4.52. The van der Waals surface area contributed by atoms with Gasteiger partial charge in [-0.15, -0.1) is 0 Å². The molecular formula is C14H21N5. The number of aryl methyl sites for hydroxylation is 1. The minimum atomic E-state index is 0.866. The fourth-order valence-corrected chi connectivity index (χ4v) is 2.10. The summed E-state index contributed by atoms with van der Waals surface area (Å²) in [5.41, 5.74) is 2.44. The first-order valence-electron chi connectivity index (χ1n) is 6.53. The molecule has 5 nitrogen and oxygen atoms in total. The molecule has 1 N–H and O–H groups in total. The largest absolute Gasteiger partial charge is 0.370 e. The number of nitrogens with zero attached hydrogens (tertiary/aromatic N) is 4. The van der Waals surface area contributed by atoms with E-state index in [9.17, 15) is 0 Å². The van der Waals surface area contributed by atoms with Gasteiger partial charge in [0.1, 0.15) is 5.82 Å². The molecule has 0 spiro atoms. The molecule has 19 heavy (non-hydrogen) atoms. The van der Waals surface area contributed by atoms with E-state index >= 15 is 0 Å². The molecule has 0 unspecified atom stereocenters. The van der Waals surface area contributed by atoms with Crippen molar-refractivity contribution in [2.24, 2.45) is 7.05 Å². The van der Waals surface area contributed by atoms with E-state index in [1.807, 2.05) is 36.4 Å². The van der Waals surface area contributed by atoms with Crippen LogP contribution in [0.4, 0.5) is 5.82 Å². The third-order valence-electron chi connectivity index (χ3n) is 2.89. The van der Waals surface area contributed by atoms with Crippen LogP contribution in [0.5, 0.6) is 0 Å². The highest BCUT2D eigenvalue weighted by Gasteiger charge is 2.07. The van der Waals surface area contributed by atoms with Crippen LogP contribution in [0.3, 0.4) is 0 Å². The predicted octanol–water partition coefficient (Wildman–Crippen LogP) is 1.88. The summed E-state index contributed by atoms with van der Waals surface area (Å²) in [6.45, 7) is 4.72. The Morgan fingerprint density at radius 1 is 1.37 bits per heavy atom. The topological polar surface area (TPSA) is 46.0 Å². The van der Waals surface area contributed by atoms with E-state index in [0.717, 1.165) is 25.5 Å². The van der Waals surface area contributed by atoms with Crippen LogP contribution in [0.25, 0.3) is 0 Å². The van der Waals surface area contributed by atoms with E-state index in [1.54, 1.807) is 0 Å². The SMILES string of the molecule is CCNc1ncccc1CN(C)Cc1cnn(C)c1. The van der Waals surface area contributed by atoms with Crippen molar-refractivity contribution in [3.8, 4) is 0 Å². The van der Waals surface area contributed by atoms with E-state index in [1.165, 1.54) is 11.1 Å². The number of aromatic nitrogens is 3. The zero-order valence-electron chi connectivity index (χ0n) is 11.8. The van der Waals surface area contributed by atoms with E-state index in [4.69, 9.17) is 0 Å². The molecule has 0 saturated carbocycles. The predicted molar refractivity (Wildman–Crippen MR) is 76.8 cm³/mol. The quantitative estimate of drug-likeness (QED) is 0.860. The molecule has 2 aromatic heterocycles. The standard InChI is InChI=1S/C14H21N5/c1-4-15-14-13(6-5-7-16-14)11-18(2)9-12-8-17-19(3)10-12/h5-8,10H,4,9,11H2,1-3H3,(H,15,16). The summed E-state index contributed by atoms with van der Waals surface area (Å²) in [6.07, 6.45) is 5.78. The zero-order valence-corrected chi connectivity index (χ0v) is 11.8. The molecule has 0 radical (unpaired) electrons. The molecule has 102 valence electrons. The van der Waals surface area contributed by atoms with Gasteiger partial charge < -0.3 is 5.32 Å². The maximum atomic E-state index is 4.38. The molecule has 0 aliphatic rings. The smallest absolute Gasteiger partial charge is 0.130 e. The van der Waals surface area contributed by atoms with Crippen molar-refractivity contribution >= 4 is 5.82 Å². The van der Waals surface area contributed by atoms with Crippen LogP contribution < -0.4 is 5.32 Å². The first-order chi connectivity index (χ1) is 9.19. The van der Waals surface area contributed by atoms with Crippen molar-refractivity contribution in [2.75, 3.05) is 18.9 Å². The lowest BCUT2D eigenvalue weighted by atomic mass is 10.2. The van der Waals surface area contributed by atoms with Crippen LogP contribution >= 0.6 is 0 Å². The van der Waals surface area contributed by atoms with Crippen LogP contribution in [-0.4, -0.2) is 33.3 Å². The Labute approximate surface area is 114 Å². The summed E-state index contributed by atoms with van der Waals surface area (Å²) < 4.78 is 1.83. The number of rotatable bonds is 6. The van der Waals surface area contributed by atoms with Crippen LogP contribution in [0.15, 0.2) is 30.7 Å². The van der Waals surface area contributed by atoms with Crippen LogP contribution in [-0.2, 0) is 20.1 Å². The third-order valence-corrected chi connectivity index (χ3v) is 2.89. The number of anilines is 1. The Balaban J connectivity index is 2.00. The maximum absolute atomic E-state index is 4.38. The second kappa shape index (κ2) is 6.33. The highest BCUT2D eigenvalue weighted by molar-refractivity contribution is 5.43. The Bertz CT molecular complexity index is 520. The molecule has 2 rings (SSSR count). The molecule has 0 amide bonds. The second-order valence-corrected chi connectivity index (χ2v) is 4.74. The lowest BCUT2D eigenvalue weighted by molar-refractivity contribution is 0.319. The number of nitrogens with one attached hydrogen (secondary N) is 1. The molecule has 0 aliphatic heterocycles. The summed E-state index contributed by atoms with van der Waals surface area (Å²) in [5.74, 6) is 0.975. The molecular weight excluding hydrogens is 238 g/mol. The summed E-state index contributed by atoms with van der Waals surface area (Å²) in [5, 5.41) is 7.48. The minimum absolute atomic E-state index is 0.866. The van der Waals surface area contributed by atoms with Gasteiger partial charge in [0.05, 0.1) is 6.20 Å². The van der Waals surface area contributed by atoms with Crippen molar-refractivity contribution in [3.05, 3.63) is 41.9 Å². The van der Waals surface area contributed by atoms with Gasteiger partial charge in [-0.25, -0.2) is 4.98 Å². The number of hydrogen-bond acceptors (Lipinski definition) is 4. The van der Waals surface area contributed by atoms with Crippen LogP contribution in [0.2, 0.25) is 0 Å². The number of pyridine rings is 1. The fraction of sp³-hybridized carbons (Fsp3) is 0.429. The molecule has 5 heteroatoms. The van der Waals surface area contributed by atoms with Gasteiger partial charge in [-0.1, -0.05) is 6.07 Å². The molecule has 0 saturated heterocycles. The molecule has 2 heterocycles. The monoisotopic (exact) mass is 259 g/mol. The van der Waals surface area contributed by atoms with Gasteiger partial charge in [0.25, 0.3) is 0 Å². The maximum Gasteiger partial charge on any atom is 0.130 e. The highest BCUT2D eigenvalue weighted by Crippen LogP contribution is 2.14. The van der Waals surface area contributed by atoms with Crippen molar-refractivity contribution in [1.82, 2.24) is 19.7 Å². The molecule has 0 atom stereocenters. The van der Waals surface area contributed by atoms with Gasteiger partial charge in [-0.3, -0.25) is 9.58 Å². The second-order valence-electron chi connectivity index (χ2n) is 4.74. The lowest BCUT2D eigenvalue weighted by Gasteiger charge is -2.17. The molecule has 0 bridgehead atoms. The molecule has 2 aromatic rings. The van der Waals surface area contributed by atoms with Crippen LogP contribution in [0, 0.1) is 0 Å². The minimum Gasteiger partial charge on any atom is -0.370 e. The Morgan fingerprint density at radius 3 is 2.89 bits per heavy atom. The third kappa shape index (κ3) is 3.79. The Hall–Kier alpha value is -1.88. The van der Waals surface area contributed by atoms with Gasteiger partial charge in [-0.2, -0.15) is 5.10 Å². The van der Waals surface area contributed by atoms with Crippen molar-refractivity contribution < 1.29 is 0 Å². The molecule has 0 aliphatic carbocycles. The van der Waals surface area contributed by atoms with Gasteiger partial charge in [0.15, 0.2) is 0 Å². The van der Waals surface area contributed by atoms with E-state index < -0.39 is 0 Å². The van der Waals surface area contributed by atoms with Gasteiger partial charge in [0, 0.05) is 50.2 Å². The lowest BCUT2D eigenvalue weighted by Crippen LogP contribution is -2.18. The van der Waals surface area contributed by atoms with Crippen molar-refractivity contribution in [1.29, 1.82) is 0 Å². The van der Waals surface area contributed by atoms with Gasteiger partial charge >= 0.3 is 0 Å². The summed E-state index contributed by atoms with van der Waals surface area (Å²) in [7, 11) is 4.05. The first kappa shape index (κ1) is 13.5. The summed E-state index contributed by atoms with van der Waals surface area (Å²) in [4.78, 5) is 6.64. The van der Waals surface area contributed by atoms with Crippen LogP contribution in [0.1, 0.15) is 18.1 Å². The Morgan fingerprint density at radius 2 is 2.21 bits per heavy atom. The van der Waals surface area contributed by atoms with E-state index in [2.05, 4.69) is 40.3 Å². The van der Waals surface area contributed by atoms with Crippen molar-refractivity contribution in [3.63, 3.8) is 0 Å². The fourth-order valence-electron chi connectivity index (χ4n) is 2.10. The van der Waals surface area contributed by atoms with Crippen molar-refractivity contribution in [2.45, 2.75) is 20.0 Å². The first-order valence-corrected chi connectivity index (χ1v) is 6.53. The van der Waals surface area contributed by atoms with E-state index in [0.29, 0.717) is 0 Å². The van der Waals surface area contributed by atoms with E-state index in [-0.39, 0.29) is 0 Å². The number of hydrogen-bond donors (Lipinski definition) is 1.